The molecule has 0 aromatic heterocycles. The summed E-state index contributed by atoms with van der Waals surface area (Å²) in [5.41, 5.74) is 0.557. The molecule has 0 radical (unpaired) electrons. The van der Waals surface area contributed by atoms with Gasteiger partial charge in [0.05, 0.1) is 4.83 Å². The summed E-state index contributed by atoms with van der Waals surface area (Å²) in [6.07, 6.45) is 0.861. The lowest BCUT2D eigenvalue weighted by molar-refractivity contribution is -0.118. The highest BCUT2D eigenvalue weighted by atomic mass is 79.9. The molecule has 15 heavy (non-hydrogen) atoms. The van der Waals surface area contributed by atoms with E-state index in [4.69, 9.17) is 0 Å². The minimum atomic E-state index is -0.293. The fraction of sp³-hybridized carbons (Fsp3) is 0.364. The molecule has 0 heterocycles. The minimum absolute atomic E-state index is 0.0947. The van der Waals surface area contributed by atoms with Crippen LogP contribution in [0.1, 0.15) is 18.9 Å². The third-order valence-corrected chi connectivity index (χ3v) is 3.44. The maximum atomic E-state index is 13.4. The van der Waals surface area contributed by atoms with Crippen LogP contribution in [-0.2, 0) is 11.2 Å². The van der Waals surface area contributed by atoms with Crippen molar-refractivity contribution in [2.75, 3.05) is 0 Å². The summed E-state index contributed by atoms with van der Waals surface area (Å²) in [6.45, 7) is 1.80. The summed E-state index contributed by atoms with van der Waals surface area (Å²) in [7, 11) is 0. The maximum Gasteiger partial charge on any atom is 0.146 e. The Morgan fingerprint density at radius 3 is 2.73 bits per heavy atom. The maximum absolute atomic E-state index is 13.4. The Labute approximate surface area is 105 Å². The van der Waals surface area contributed by atoms with Crippen molar-refractivity contribution < 1.29 is 9.18 Å². The van der Waals surface area contributed by atoms with Crippen molar-refractivity contribution >= 4 is 37.6 Å². The molecular weight excluding hydrogens is 327 g/mol. The van der Waals surface area contributed by atoms with Crippen molar-refractivity contribution in [2.24, 2.45) is 0 Å². The number of carbonyl (C=O) groups excluding carboxylic acids is 1. The van der Waals surface area contributed by atoms with Crippen molar-refractivity contribution in [3.8, 4) is 0 Å². The summed E-state index contributed by atoms with van der Waals surface area (Å²) in [6, 6.07) is 4.87. The smallest absolute Gasteiger partial charge is 0.146 e. The molecule has 0 saturated heterocycles. The quantitative estimate of drug-likeness (QED) is 0.762. The van der Waals surface area contributed by atoms with Crippen LogP contribution in [0.15, 0.2) is 22.7 Å². The Hall–Kier alpha value is -0.220. The van der Waals surface area contributed by atoms with E-state index >= 15 is 0 Å². The van der Waals surface area contributed by atoms with Crippen LogP contribution in [0.3, 0.4) is 0 Å². The Morgan fingerprint density at radius 2 is 2.20 bits per heavy atom. The number of alkyl halides is 1. The third-order valence-electron chi connectivity index (χ3n) is 2.11. The van der Waals surface area contributed by atoms with Gasteiger partial charge in [0.15, 0.2) is 0 Å². The molecule has 1 aromatic carbocycles. The van der Waals surface area contributed by atoms with Gasteiger partial charge in [-0.2, -0.15) is 0 Å². The summed E-state index contributed by atoms with van der Waals surface area (Å²) in [5.74, 6) is -0.185. The number of hydrogen-bond donors (Lipinski definition) is 0. The van der Waals surface area contributed by atoms with E-state index in [1.807, 2.05) is 0 Å². The number of Topliss-reactive ketones (excluding diaryl/α,β-unsaturated/α-hetero) is 1. The lowest BCUT2D eigenvalue weighted by Crippen LogP contribution is -2.16. The molecule has 0 bridgehead atoms. The second kappa shape index (κ2) is 5.75. The standard InChI is InChI=1S/C11H11Br2FO/c1-2-11(15)9(13)5-7-3-4-8(12)6-10(7)14/h3-4,6,9H,2,5H2,1H3. The average molecular weight is 338 g/mol. The fourth-order valence-corrected chi connectivity index (χ4v) is 2.22. The first kappa shape index (κ1) is 12.8. The van der Waals surface area contributed by atoms with Crippen molar-refractivity contribution in [3.05, 3.63) is 34.1 Å². The van der Waals surface area contributed by atoms with Crippen LogP contribution < -0.4 is 0 Å². The van der Waals surface area contributed by atoms with Crippen LogP contribution in [0.4, 0.5) is 4.39 Å². The van der Waals surface area contributed by atoms with Crippen LogP contribution in [0.5, 0.6) is 0 Å². The van der Waals surface area contributed by atoms with Gasteiger partial charge in [-0.1, -0.05) is 44.8 Å². The molecule has 1 atom stereocenters. The molecule has 1 unspecified atom stereocenters. The van der Waals surface area contributed by atoms with Crippen molar-refractivity contribution in [1.82, 2.24) is 0 Å². The molecule has 0 fully saturated rings. The molecule has 1 aromatic rings. The predicted molar refractivity (Wildman–Crippen MR) is 65.8 cm³/mol. The number of carbonyl (C=O) groups is 1. The number of hydrogen-bond acceptors (Lipinski definition) is 1. The summed E-state index contributed by atoms with van der Waals surface area (Å²) in [5, 5.41) is 0. The largest absolute Gasteiger partial charge is 0.298 e. The zero-order chi connectivity index (χ0) is 11.4. The van der Waals surface area contributed by atoms with E-state index in [0.29, 0.717) is 22.9 Å². The molecule has 0 N–H and O–H groups in total. The Bertz CT molecular complexity index is 366. The second-order valence-corrected chi connectivity index (χ2v) is 5.25. The highest BCUT2D eigenvalue weighted by Crippen LogP contribution is 2.19. The first-order valence-electron chi connectivity index (χ1n) is 4.65. The number of ketones is 1. The lowest BCUT2D eigenvalue weighted by Gasteiger charge is -2.08. The van der Waals surface area contributed by atoms with Crippen LogP contribution in [-0.4, -0.2) is 10.6 Å². The molecule has 82 valence electrons. The van der Waals surface area contributed by atoms with Crippen LogP contribution >= 0.6 is 31.9 Å². The lowest BCUT2D eigenvalue weighted by atomic mass is 10.1. The van der Waals surface area contributed by atoms with E-state index in [0.717, 1.165) is 0 Å². The van der Waals surface area contributed by atoms with E-state index in [1.54, 1.807) is 19.1 Å². The van der Waals surface area contributed by atoms with Gasteiger partial charge in [0, 0.05) is 10.9 Å². The average Bonchev–Trinajstić information content (AvgIpc) is 2.20. The molecule has 0 aliphatic heterocycles. The number of benzene rings is 1. The van der Waals surface area contributed by atoms with Crippen molar-refractivity contribution in [2.45, 2.75) is 24.6 Å². The van der Waals surface area contributed by atoms with Gasteiger partial charge >= 0.3 is 0 Å². The van der Waals surface area contributed by atoms with Crippen LogP contribution in [0.2, 0.25) is 0 Å². The zero-order valence-electron chi connectivity index (χ0n) is 8.27. The van der Waals surface area contributed by atoms with Gasteiger partial charge in [0.2, 0.25) is 0 Å². The van der Waals surface area contributed by atoms with Gasteiger partial charge in [0.25, 0.3) is 0 Å². The SMILES string of the molecule is CCC(=O)C(Br)Cc1ccc(Br)cc1F. The van der Waals surface area contributed by atoms with Crippen molar-refractivity contribution in [1.29, 1.82) is 0 Å². The Morgan fingerprint density at radius 1 is 1.53 bits per heavy atom. The van der Waals surface area contributed by atoms with E-state index < -0.39 is 0 Å². The van der Waals surface area contributed by atoms with Gasteiger partial charge in [-0.05, 0) is 24.1 Å². The van der Waals surface area contributed by atoms with Gasteiger partial charge < -0.3 is 0 Å². The third kappa shape index (κ3) is 3.68. The normalized spacial score (nSPS) is 12.5. The monoisotopic (exact) mass is 336 g/mol. The summed E-state index contributed by atoms with van der Waals surface area (Å²) >= 11 is 6.45. The Kier molecular flexibility index (Phi) is 4.93. The van der Waals surface area contributed by atoms with E-state index in [-0.39, 0.29) is 16.4 Å². The first-order valence-corrected chi connectivity index (χ1v) is 6.36. The van der Waals surface area contributed by atoms with E-state index in [1.165, 1.54) is 6.07 Å². The molecule has 0 amide bonds. The van der Waals surface area contributed by atoms with Gasteiger partial charge in [-0.15, -0.1) is 0 Å². The molecule has 0 spiro atoms. The van der Waals surface area contributed by atoms with Crippen LogP contribution in [0.25, 0.3) is 0 Å². The zero-order valence-corrected chi connectivity index (χ0v) is 11.4. The fourth-order valence-electron chi connectivity index (χ4n) is 1.22. The van der Waals surface area contributed by atoms with Crippen LogP contribution in [0, 0.1) is 5.82 Å². The topological polar surface area (TPSA) is 17.1 Å². The van der Waals surface area contributed by atoms with Gasteiger partial charge in [-0.25, -0.2) is 4.39 Å². The highest BCUT2D eigenvalue weighted by Gasteiger charge is 2.15. The summed E-state index contributed by atoms with van der Waals surface area (Å²) in [4.78, 5) is 11.0. The van der Waals surface area contributed by atoms with Gasteiger partial charge in [0.1, 0.15) is 11.6 Å². The minimum Gasteiger partial charge on any atom is -0.298 e. The molecule has 4 heteroatoms. The molecule has 0 aliphatic carbocycles. The summed E-state index contributed by atoms with van der Waals surface area (Å²) < 4.78 is 14.1. The highest BCUT2D eigenvalue weighted by molar-refractivity contribution is 9.10. The number of rotatable bonds is 4. The van der Waals surface area contributed by atoms with Crippen molar-refractivity contribution in [3.63, 3.8) is 0 Å². The molecule has 0 aliphatic rings. The number of halogens is 3. The van der Waals surface area contributed by atoms with E-state index in [2.05, 4.69) is 31.9 Å². The first-order chi connectivity index (χ1) is 7.04. The molecule has 1 rings (SSSR count). The molecule has 1 nitrogen and oxygen atoms in total. The predicted octanol–water partition coefficient (Wildman–Crippen LogP) is 3.87. The molecular formula is C11H11Br2FO. The van der Waals surface area contributed by atoms with Gasteiger partial charge in [-0.3, -0.25) is 4.79 Å². The van der Waals surface area contributed by atoms with E-state index in [9.17, 15) is 9.18 Å². The second-order valence-electron chi connectivity index (χ2n) is 3.23. The Balaban J connectivity index is 2.76. The molecule has 0 saturated carbocycles.